The molecule has 3 aromatic carbocycles. The van der Waals surface area contributed by atoms with Crippen molar-refractivity contribution in [3.05, 3.63) is 76.9 Å². The van der Waals surface area contributed by atoms with Gasteiger partial charge in [0.2, 0.25) is 12.3 Å². The number of carbonyl (C=O) groups is 6. The van der Waals surface area contributed by atoms with E-state index in [4.69, 9.17) is 20.9 Å². The van der Waals surface area contributed by atoms with Crippen LogP contribution in [0, 0.1) is 6.92 Å². The fourth-order valence-electron chi connectivity index (χ4n) is 5.54. The molecule has 3 amide bonds. The van der Waals surface area contributed by atoms with Crippen LogP contribution in [0.5, 0.6) is 0 Å². The molecule has 0 fully saturated rings. The van der Waals surface area contributed by atoms with Gasteiger partial charge in [0.1, 0.15) is 6.04 Å². The Balaban J connectivity index is 0.000000510. The number of benzene rings is 3. The van der Waals surface area contributed by atoms with Crippen LogP contribution in [0.15, 0.2) is 54.6 Å². The zero-order chi connectivity index (χ0) is 43.2. The van der Waals surface area contributed by atoms with Crippen LogP contribution in [-0.4, -0.2) is 111 Å². The van der Waals surface area contributed by atoms with Crippen molar-refractivity contribution >= 4 is 64.4 Å². The average Bonchev–Trinajstić information content (AvgIpc) is 3.21. The number of carbonyl (C=O) groups excluding carboxylic acids is 6. The minimum absolute atomic E-state index is 0.166. The lowest BCUT2D eigenvalue weighted by atomic mass is 10.1. The summed E-state index contributed by atoms with van der Waals surface area (Å²) in [5.74, 6) is -2.53. The largest absolute Gasteiger partial charge is 0.462 e. The Hall–Kier alpha value is -5.84. The first-order valence-electron chi connectivity index (χ1n) is 19.4. The van der Waals surface area contributed by atoms with Gasteiger partial charge in [0.25, 0.3) is 5.91 Å². The predicted octanol–water partition coefficient (Wildman–Crippen LogP) is 4.76. The second-order valence-corrected chi connectivity index (χ2v) is 13.2. The summed E-state index contributed by atoms with van der Waals surface area (Å²) in [4.78, 5) is 76.2. The van der Waals surface area contributed by atoms with E-state index >= 15 is 0 Å². The first-order valence-corrected chi connectivity index (χ1v) is 19.4. The maximum absolute atomic E-state index is 12.9. The van der Waals surface area contributed by atoms with Crippen LogP contribution in [-0.2, 0) is 23.9 Å². The van der Waals surface area contributed by atoms with Crippen molar-refractivity contribution in [2.75, 3.05) is 86.5 Å². The van der Waals surface area contributed by atoms with Crippen LogP contribution in [0.25, 0.3) is 0 Å². The second kappa shape index (κ2) is 25.4. The number of aryl methyl sites for hydroxylation is 1. The molecule has 3 rings (SSSR count). The van der Waals surface area contributed by atoms with Crippen molar-refractivity contribution in [1.29, 1.82) is 0 Å². The zero-order valence-electron chi connectivity index (χ0n) is 34.7. The summed E-state index contributed by atoms with van der Waals surface area (Å²) in [7, 11) is 1.70. The molecule has 0 saturated carbocycles. The van der Waals surface area contributed by atoms with Crippen molar-refractivity contribution in [3.63, 3.8) is 0 Å². The number of ketones is 1. The summed E-state index contributed by atoms with van der Waals surface area (Å²) in [5.41, 5.74) is 15.3. The molecule has 58 heavy (non-hydrogen) atoms. The molecular weight excluding hydrogens is 745 g/mol. The van der Waals surface area contributed by atoms with E-state index in [1.807, 2.05) is 6.92 Å². The number of nitrogens with zero attached hydrogens (tertiary/aromatic N) is 2. The SMILES string of the molecule is CCN(CC)CCCOC(=O)c1cc(NC(=O)c2ccc(N)c(C)c2)cc(C(=O)OCCCN(CC)CC)c1.CNc1ccc(NC(=O)C(N)C(C)=O)cc1NC=O. The Morgan fingerprint density at radius 1 is 0.724 bits per heavy atom. The summed E-state index contributed by atoms with van der Waals surface area (Å²) in [6.07, 6.45) is 1.92. The minimum atomic E-state index is -1.20. The Labute approximate surface area is 341 Å². The van der Waals surface area contributed by atoms with Gasteiger partial charge in [-0.05, 0) is 113 Å². The second-order valence-electron chi connectivity index (χ2n) is 13.2. The first-order chi connectivity index (χ1) is 27.7. The first kappa shape index (κ1) is 48.3. The fourth-order valence-corrected chi connectivity index (χ4v) is 5.54. The molecule has 0 aliphatic rings. The Morgan fingerprint density at radius 3 is 1.74 bits per heavy atom. The Kier molecular flexibility index (Phi) is 21.2. The summed E-state index contributed by atoms with van der Waals surface area (Å²) in [6, 6.07) is 13.1. The normalized spacial score (nSPS) is 11.1. The number of esters is 2. The number of nitrogens with two attached hydrogens (primary N) is 2. The van der Waals surface area contributed by atoms with Gasteiger partial charge in [-0.3, -0.25) is 19.2 Å². The van der Waals surface area contributed by atoms with Crippen LogP contribution in [0.1, 0.15) is 84.1 Å². The topological polar surface area (TPSA) is 228 Å². The van der Waals surface area contributed by atoms with Gasteiger partial charge in [-0.2, -0.15) is 0 Å². The fraction of sp³-hybridized carbons (Fsp3) is 0.429. The summed E-state index contributed by atoms with van der Waals surface area (Å²) < 4.78 is 11.0. The lowest BCUT2D eigenvalue weighted by molar-refractivity contribution is -0.126. The smallest absolute Gasteiger partial charge is 0.338 e. The molecule has 0 aliphatic carbocycles. The maximum Gasteiger partial charge on any atom is 0.338 e. The highest BCUT2D eigenvalue weighted by atomic mass is 16.5. The van der Waals surface area contributed by atoms with Crippen molar-refractivity contribution < 1.29 is 38.2 Å². The van der Waals surface area contributed by atoms with Gasteiger partial charge in [-0.15, -0.1) is 0 Å². The molecule has 0 aliphatic heterocycles. The Bertz CT molecular complexity index is 1800. The molecule has 1 atom stereocenters. The molecule has 0 heterocycles. The number of Topliss-reactive ketones (excluding diaryl/α,β-unsaturated/α-hetero) is 1. The van der Waals surface area contributed by atoms with Gasteiger partial charge in [0, 0.05) is 42.8 Å². The molecule has 0 aromatic heterocycles. The van der Waals surface area contributed by atoms with E-state index in [9.17, 15) is 28.8 Å². The molecule has 3 aromatic rings. The van der Waals surface area contributed by atoms with Crippen molar-refractivity contribution in [1.82, 2.24) is 9.80 Å². The monoisotopic (exact) mass is 804 g/mol. The van der Waals surface area contributed by atoms with E-state index in [-0.39, 0.29) is 30.2 Å². The number of nitrogens with one attached hydrogen (secondary N) is 4. The highest BCUT2D eigenvalue weighted by Crippen LogP contribution is 2.25. The summed E-state index contributed by atoms with van der Waals surface area (Å²) in [6.45, 7) is 17.3. The van der Waals surface area contributed by atoms with Crippen LogP contribution in [0.3, 0.4) is 0 Å². The zero-order valence-corrected chi connectivity index (χ0v) is 34.7. The van der Waals surface area contributed by atoms with Gasteiger partial charge in [-0.1, -0.05) is 27.7 Å². The maximum atomic E-state index is 12.9. The summed E-state index contributed by atoms with van der Waals surface area (Å²) in [5, 5.41) is 10.7. The lowest BCUT2D eigenvalue weighted by Gasteiger charge is -2.18. The molecule has 1 unspecified atom stereocenters. The van der Waals surface area contributed by atoms with Crippen molar-refractivity contribution in [2.45, 2.75) is 60.4 Å². The molecule has 8 N–H and O–H groups in total. The molecule has 0 radical (unpaired) electrons. The Morgan fingerprint density at radius 2 is 1.28 bits per heavy atom. The highest BCUT2D eigenvalue weighted by molar-refractivity contribution is 6.10. The van der Waals surface area contributed by atoms with Crippen LogP contribution in [0.4, 0.5) is 28.4 Å². The van der Waals surface area contributed by atoms with Crippen LogP contribution < -0.4 is 32.7 Å². The van der Waals surface area contributed by atoms with E-state index in [0.29, 0.717) is 53.3 Å². The van der Waals surface area contributed by atoms with E-state index < -0.39 is 29.7 Å². The number of ether oxygens (including phenoxy) is 2. The number of hydrogen-bond donors (Lipinski definition) is 6. The molecule has 316 valence electrons. The average molecular weight is 805 g/mol. The minimum Gasteiger partial charge on any atom is -0.462 e. The predicted molar refractivity (Wildman–Crippen MR) is 228 cm³/mol. The van der Waals surface area contributed by atoms with Crippen molar-refractivity contribution in [2.24, 2.45) is 5.73 Å². The molecule has 0 saturated heterocycles. The highest BCUT2D eigenvalue weighted by Gasteiger charge is 2.19. The van der Waals surface area contributed by atoms with Gasteiger partial charge in [0.05, 0.1) is 35.7 Å². The van der Waals surface area contributed by atoms with E-state index in [1.165, 1.54) is 25.1 Å². The summed E-state index contributed by atoms with van der Waals surface area (Å²) >= 11 is 0. The molecule has 16 heteroatoms. The third-order valence-corrected chi connectivity index (χ3v) is 9.18. The van der Waals surface area contributed by atoms with Crippen LogP contribution >= 0.6 is 0 Å². The molecule has 16 nitrogen and oxygen atoms in total. The van der Waals surface area contributed by atoms with Crippen molar-refractivity contribution in [3.8, 4) is 0 Å². The third kappa shape index (κ3) is 16.0. The number of hydrogen-bond acceptors (Lipinski definition) is 13. The van der Waals surface area contributed by atoms with Gasteiger partial charge >= 0.3 is 11.9 Å². The molecule has 0 spiro atoms. The number of amides is 3. The number of nitrogen functional groups attached to an aromatic ring is 1. The van der Waals surface area contributed by atoms with Gasteiger partial charge in [0.15, 0.2) is 5.78 Å². The standard InChI is InChI=1S/C30H44N4O5.C12H16N4O3/c1-6-33(7-2)14-10-16-38-29(36)24-19-25(30(37)39-17-11-15-34(8-3)9-4)21-26(20-24)32-28(35)23-12-13-27(31)22(5)18-23;1-7(18)11(13)12(19)16-8-3-4-9(14-2)10(5-8)15-6-17/h12-13,18-21H,6-11,14-17,31H2,1-5H3,(H,32,35);3-6,11,14H,13H2,1-2H3,(H,15,17)(H,16,19). The number of rotatable bonds is 22. The van der Waals surface area contributed by atoms with E-state index in [0.717, 1.165) is 44.8 Å². The van der Waals surface area contributed by atoms with Gasteiger partial charge < -0.3 is 52.0 Å². The molecule has 0 bridgehead atoms. The quantitative estimate of drug-likeness (QED) is 0.0265. The molecular formula is C42H60N8O8. The lowest BCUT2D eigenvalue weighted by Crippen LogP contribution is -2.41. The van der Waals surface area contributed by atoms with E-state index in [1.54, 1.807) is 43.4 Å². The van der Waals surface area contributed by atoms with E-state index in [2.05, 4.69) is 58.8 Å². The van der Waals surface area contributed by atoms with Gasteiger partial charge in [-0.25, -0.2) is 9.59 Å². The third-order valence-electron chi connectivity index (χ3n) is 9.18. The number of anilines is 5. The van der Waals surface area contributed by atoms with Crippen LogP contribution in [0.2, 0.25) is 0 Å².